The van der Waals surface area contributed by atoms with E-state index in [9.17, 15) is 14.4 Å². The third-order valence-corrected chi connectivity index (χ3v) is 4.21. The van der Waals surface area contributed by atoms with Gasteiger partial charge in [0.25, 0.3) is 11.8 Å². The summed E-state index contributed by atoms with van der Waals surface area (Å²) >= 11 is 0. The van der Waals surface area contributed by atoms with E-state index in [0.717, 1.165) is 11.1 Å². The second-order valence-corrected chi connectivity index (χ2v) is 6.59. The number of carbonyl (C=O) groups is 3. The van der Waals surface area contributed by atoms with Crippen LogP contribution in [-0.4, -0.2) is 24.4 Å². The lowest BCUT2D eigenvalue weighted by atomic mass is 10.1. The topological polar surface area (TPSA) is 81.7 Å². The summed E-state index contributed by atoms with van der Waals surface area (Å²) in [5.74, 6) is -1.63. The molecule has 30 heavy (non-hydrogen) atoms. The molecule has 6 nitrogen and oxygen atoms in total. The van der Waals surface area contributed by atoms with E-state index in [1.807, 2.05) is 31.2 Å². The van der Waals surface area contributed by atoms with Crippen LogP contribution in [0.2, 0.25) is 0 Å². The van der Waals surface area contributed by atoms with Crippen molar-refractivity contribution in [2.45, 2.75) is 13.5 Å². The van der Waals surface area contributed by atoms with Gasteiger partial charge in [0.2, 0.25) is 0 Å². The zero-order valence-corrected chi connectivity index (χ0v) is 16.5. The van der Waals surface area contributed by atoms with Crippen LogP contribution in [0.15, 0.2) is 78.9 Å². The van der Waals surface area contributed by atoms with Gasteiger partial charge in [-0.3, -0.25) is 14.9 Å². The molecule has 0 unspecified atom stereocenters. The number of rotatable bonds is 7. The predicted octanol–water partition coefficient (Wildman–Crippen LogP) is 3.69. The van der Waals surface area contributed by atoms with E-state index in [-0.39, 0.29) is 12.2 Å². The largest absolute Gasteiger partial charge is 0.488 e. The van der Waals surface area contributed by atoms with Crippen molar-refractivity contribution in [3.63, 3.8) is 0 Å². The summed E-state index contributed by atoms with van der Waals surface area (Å²) in [7, 11) is 0. The van der Waals surface area contributed by atoms with Crippen LogP contribution >= 0.6 is 0 Å². The molecule has 0 saturated heterocycles. The van der Waals surface area contributed by atoms with Crippen molar-refractivity contribution >= 4 is 17.8 Å². The Hall–Kier alpha value is -3.93. The van der Waals surface area contributed by atoms with Gasteiger partial charge in [0, 0.05) is 5.56 Å². The van der Waals surface area contributed by atoms with E-state index in [4.69, 9.17) is 9.47 Å². The molecule has 0 saturated carbocycles. The van der Waals surface area contributed by atoms with Gasteiger partial charge in [0.15, 0.2) is 6.61 Å². The van der Waals surface area contributed by atoms with E-state index in [2.05, 4.69) is 5.32 Å². The van der Waals surface area contributed by atoms with Gasteiger partial charge in [0.05, 0.1) is 0 Å². The van der Waals surface area contributed by atoms with E-state index in [0.29, 0.717) is 11.3 Å². The molecular weight excluding hydrogens is 382 g/mol. The number of hydrogen-bond acceptors (Lipinski definition) is 5. The Morgan fingerprint density at radius 3 is 2.37 bits per heavy atom. The summed E-state index contributed by atoms with van der Waals surface area (Å²) < 4.78 is 10.8. The zero-order chi connectivity index (χ0) is 21.3. The molecule has 0 aliphatic heterocycles. The number of esters is 1. The number of ether oxygens (including phenoxy) is 2. The maximum absolute atomic E-state index is 12.4. The molecule has 3 aromatic carbocycles. The standard InChI is InChI=1S/C24H21NO5/c1-17-8-7-9-18(14-17)15-29-21-13-6-5-12-20(21)24(28)30-16-22(26)25-23(27)19-10-3-2-4-11-19/h2-14H,15-16H2,1H3,(H,25,26,27). The van der Waals surface area contributed by atoms with Gasteiger partial charge in [-0.2, -0.15) is 0 Å². The highest BCUT2D eigenvalue weighted by molar-refractivity contribution is 6.05. The molecule has 0 radical (unpaired) electrons. The predicted molar refractivity (Wildman–Crippen MR) is 111 cm³/mol. The maximum Gasteiger partial charge on any atom is 0.342 e. The molecule has 0 aromatic heterocycles. The van der Waals surface area contributed by atoms with Crippen molar-refractivity contribution < 1.29 is 23.9 Å². The molecule has 0 spiro atoms. The van der Waals surface area contributed by atoms with Crippen LogP contribution in [0, 0.1) is 6.92 Å². The van der Waals surface area contributed by atoms with E-state index in [1.54, 1.807) is 54.6 Å². The molecule has 1 N–H and O–H groups in total. The monoisotopic (exact) mass is 403 g/mol. The summed E-state index contributed by atoms with van der Waals surface area (Å²) in [5.41, 5.74) is 2.62. The lowest BCUT2D eigenvalue weighted by molar-refractivity contribution is -0.123. The number of hydrogen-bond donors (Lipinski definition) is 1. The van der Waals surface area contributed by atoms with Gasteiger partial charge in [0.1, 0.15) is 17.9 Å². The number of benzene rings is 3. The van der Waals surface area contributed by atoms with Crippen molar-refractivity contribution in [3.05, 3.63) is 101 Å². The molecule has 0 aliphatic carbocycles. The van der Waals surface area contributed by atoms with Crippen LogP contribution in [0.1, 0.15) is 31.8 Å². The average molecular weight is 403 g/mol. The molecule has 0 fully saturated rings. The number of para-hydroxylation sites is 1. The number of amides is 2. The zero-order valence-electron chi connectivity index (χ0n) is 16.5. The SMILES string of the molecule is Cc1cccc(COc2ccccc2C(=O)OCC(=O)NC(=O)c2ccccc2)c1. The Labute approximate surface area is 174 Å². The lowest BCUT2D eigenvalue weighted by Crippen LogP contribution is -2.34. The van der Waals surface area contributed by atoms with Gasteiger partial charge in [-0.05, 0) is 36.8 Å². The van der Waals surface area contributed by atoms with E-state index < -0.39 is 24.4 Å². The third kappa shape index (κ3) is 5.78. The number of aryl methyl sites for hydroxylation is 1. The minimum Gasteiger partial charge on any atom is -0.488 e. The quantitative estimate of drug-likeness (QED) is 0.609. The summed E-state index contributed by atoms with van der Waals surface area (Å²) in [5, 5.41) is 2.18. The number of nitrogens with one attached hydrogen (secondary N) is 1. The van der Waals surface area contributed by atoms with Crippen LogP contribution in [0.25, 0.3) is 0 Å². The summed E-state index contributed by atoms with van der Waals surface area (Å²) in [6.07, 6.45) is 0. The van der Waals surface area contributed by atoms with Crippen molar-refractivity contribution in [1.82, 2.24) is 5.32 Å². The van der Waals surface area contributed by atoms with Gasteiger partial charge in [-0.25, -0.2) is 4.79 Å². The highest BCUT2D eigenvalue weighted by Gasteiger charge is 2.17. The summed E-state index contributed by atoms with van der Waals surface area (Å²) in [6.45, 7) is 1.70. The molecule has 0 bridgehead atoms. The van der Waals surface area contributed by atoms with Crippen LogP contribution in [0.4, 0.5) is 0 Å². The Kier molecular flexibility index (Phi) is 6.95. The fourth-order valence-corrected chi connectivity index (χ4v) is 2.76. The first kappa shape index (κ1) is 20.8. The van der Waals surface area contributed by atoms with Crippen LogP contribution < -0.4 is 10.1 Å². The summed E-state index contributed by atoms with van der Waals surface area (Å²) in [6, 6.07) is 22.8. The smallest absolute Gasteiger partial charge is 0.342 e. The molecule has 3 rings (SSSR count). The van der Waals surface area contributed by atoms with Crippen molar-refractivity contribution in [2.24, 2.45) is 0 Å². The average Bonchev–Trinajstić information content (AvgIpc) is 2.77. The fraction of sp³-hybridized carbons (Fsp3) is 0.125. The molecule has 0 aliphatic rings. The van der Waals surface area contributed by atoms with Crippen LogP contribution in [0.3, 0.4) is 0 Å². The molecule has 3 aromatic rings. The van der Waals surface area contributed by atoms with Crippen LogP contribution in [-0.2, 0) is 16.1 Å². The molecule has 0 heterocycles. The number of imide groups is 1. The Morgan fingerprint density at radius 2 is 1.60 bits per heavy atom. The van der Waals surface area contributed by atoms with Crippen molar-refractivity contribution in [3.8, 4) is 5.75 Å². The highest BCUT2D eigenvalue weighted by atomic mass is 16.5. The second-order valence-electron chi connectivity index (χ2n) is 6.59. The first-order valence-electron chi connectivity index (χ1n) is 9.36. The van der Waals surface area contributed by atoms with Gasteiger partial charge in [-0.1, -0.05) is 60.2 Å². The van der Waals surface area contributed by atoms with Gasteiger partial charge < -0.3 is 9.47 Å². The third-order valence-electron chi connectivity index (χ3n) is 4.21. The van der Waals surface area contributed by atoms with Crippen molar-refractivity contribution in [2.75, 3.05) is 6.61 Å². The fourth-order valence-electron chi connectivity index (χ4n) is 2.76. The molecule has 0 atom stereocenters. The molecule has 152 valence electrons. The normalized spacial score (nSPS) is 10.2. The molecular formula is C24H21NO5. The lowest BCUT2D eigenvalue weighted by Gasteiger charge is -2.11. The van der Waals surface area contributed by atoms with Crippen molar-refractivity contribution in [1.29, 1.82) is 0 Å². The van der Waals surface area contributed by atoms with Gasteiger partial charge in [-0.15, -0.1) is 0 Å². The Bertz CT molecular complexity index is 1050. The van der Waals surface area contributed by atoms with E-state index >= 15 is 0 Å². The molecule has 2 amide bonds. The first-order valence-corrected chi connectivity index (χ1v) is 9.36. The van der Waals surface area contributed by atoms with Gasteiger partial charge >= 0.3 is 5.97 Å². The number of carbonyl (C=O) groups excluding carboxylic acids is 3. The molecule has 6 heteroatoms. The first-order chi connectivity index (χ1) is 14.5. The van der Waals surface area contributed by atoms with Crippen LogP contribution in [0.5, 0.6) is 5.75 Å². The Morgan fingerprint density at radius 1 is 0.867 bits per heavy atom. The minimum absolute atomic E-state index is 0.201. The summed E-state index contributed by atoms with van der Waals surface area (Å²) in [4.78, 5) is 36.3. The Balaban J connectivity index is 1.56. The maximum atomic E-state index is 12.4. The highest BCUT2D eigenvalue weighted by Crippen LogP contribution is 2.20. The van der Waals surface area contributed by atoms with E-state index in [1.165, 1.54) is 0 Å². The second kappa shape index (κ2) is 10.0. The minimum atomic E-state index is -0.713.